The van der Waals surface area contributed by atoms with Crippen molar-refractivity contribution in [3.05, 3.63) is 29.0 Å². The van der Waals surface area contributed by atoms with Crippen molar-refractivity contribution in [1.82, 2.24) is 4.98 Å². The summed E-state index contributed by atoms with van der Waals surface area (Å²) in [7, 11) is 0. The zero-order valence-corrected chi connectivity index (χ0v) is 10.3. The van der Waals surface area contributed by atoms with E-state index in [1.54, 1.807) is 6.20 Å². The van der Waals surface area contributed by atoms with Gasteiger partial charge in [-0.15, -0.1) is 0 Å². The predicted molar refractivity (Wildman–Crippen MR) is 63.0 cm³/mol. The molecule has 1 aromatic heterocycles. The van der Waals surface area contributed by atoms with Crippen LogP contribution in [0.15, 0.2) is 18.5 Å². The van der Waals surface area contributed by atoms with Crippen LogP contribution in [-0.4, -0.2) is 9.81 Å². The number of alkyl halides is 1. The van der Waals surface area contributed by atoms with E-state index in [2.05, 4.69) is 20.9 Å². The van der Waals surface area contributed by atoms with Gasteiger partial charge in [0.1, 0.15) is 0 Å². The molecule has 1 aliphatic carbocycles. The lowest BCUT2D eigenvalue weighted by atomic mass is 10.1. The van der Waals surface area contributed by atoms with E-state index in [0.717, 1.165) is 17.4 Å². The van der Waals surface area contributed by atoms with Gasteiger partial charge in [0.25, 0.3) is 0 Å². The van der Waals surface area contributed by atoms with E-state index in [1.807, 2.05) is 12.3 Å². The molecule has 76 valence electrons. The fourth-order valence-corrected chi connectivity index (χ4v) is 2.57. The molecule has 1 atom stereocenters. The summed E-state index contributed by atoms with van der Waals surface area (Å²) in [6.45, 7) is 0. The highest BCUT2D eigenvalue weighted by atomic mass is 79.9. The molecule has 1 unspecified atom stereocenters. The van der Waals surface area contributed by atoms with Gasteiger partial charge in [0, 0.05) is 17.2 Å². The van der Waals surface area contributed by atoms with Gasteiger partial charge in [-0.1, -0.05) is 27.5 Å². The molecule has 0 saturated heterocycles. The number of aryl methyl sites for hydroxylation is 1. The molecule has 0 bridgehead atoms. The Balaban J connectivity index is 1.87. The van der Waals surface area contributed by atoms with Gasteiger partial charge in [-0.3, -0.25) is 4.98 Å². The third-order valence-corrected chi connectivity index (χ3v) is 4.23. The molecule has 1 aromatic rings. The predicted octanol–water partition coefficient (Wildman–Crippen LogP) is 3.84. The molecule has 0 aromatic carbocycles. The quantitative estimate of drug-likeness (QED) is 0.760. The third-order valence-electron chi connectivity index (χ3n) is 2.68. The largest absolute Gasteiger partial charge is 0.263 e. The van der Waals surface area contributed by atoms with Crippen LogP contribution < -0.4 is 0 Å². The minimum Gasteiger partial charge on any atom is -0.263 e. The molecule has 0 N–H and O–H groups in total. The van der Waals surface area contributed by atoms with Crippen LogP contribution in [0.3, 0.4) is 0 Å². The Labute approximate surface area is 98.0 Å². The van der Waals surface area contributed by atoms with Gasteiger partial charge in [-0.2, -0.15) is 0 Å². The van der Waals surface area contributed by atoms with E-state index >= 15 is 0 Å². The van der Waals surface area contributed by atoms with Gasteiger partial charge in [-0.05, 0) is 43.2 Å². The fourth-order valence-electron chi connectivity index (χ4n) is 1.59. The van der Waals surface area contributed by atoms with Crippen molar-refractivity contribution in [2.24, 2.45) is 5.92 Å². The van der Waals surface area contributed by atoms with Crippen LogP contribution in [-0.2, 0) is 6.42 Å². The maximum atomic E-state index is 6.03. The van der Waals surface area contributed by atoms with Gasteiger partial charge >= 0.3 is 0 Å². The first-order chi connectivity index (χ1) is 6.77. The number of hydrogen-bond donors (Lipinski definition) is 0. The Morgan fingerprint density at radius 1 is 1.57 bits per heavy atom. The first-order valence-corrected chi connectivity index (χ1v) is 6.29. The molecule has 1 saturated carbocycles. The van der Waals surface area contributed by atoms with E-state index in [1.165, 1.54) is 24.8 Å². The lowest BCUT2D eigenvalue weighted by Crippen LogP contribution is -2.02. The van der Waals surface area contributed by atoms with Crippen molar-refractivity contribution in [1.29, 1.82) is 0 Å². The van der Waals surface area contributed by atoms with Crippen LogP contribution in [0.1, 0.15) is 24.8 Å². The fraction of sp³-hybridized carbons (Fsp3) is 0.545. The highest BCUT2D eigenvalue weighted by molar-refractivity contribution is 9.09. The molecule has 0 radical (unpaired) electrons. The average molecular weight is 275 g/mol. The Morgan fingerprint density at radius 2 is 2.36 bits per heavy atom. The summed E-state index contributed by atoms with van der Waals surface area (Å²) < 4.78 is 0. The standard InChI is InChI=1S/C11H13BrClN/c12-10(8-1-2-8)4-3-9-5-6-14-7-11(9)13/h5-8,10H,1-4H2. The summed E-state index contributed by atoms with van der Waals surface area (Å²) in [6, 6.07) is 2.01. The molecule has 2 rings (SSSR count). The summed E-state index contributed by atoms with van der Waals surface area (Å²) in [5.41, 5.74) is 1.21. The van der Waals surface area contributed by atoms with E-state index < -0.39 is 0 Å². The van der Waals surface area contributed by atoms with Crippen molar-refractivity contribution in [3.63, 3.8) is 0 Å². The van der Waals surface area contributed by atoms with Crippen LogP contribution in [0.5, 0.6) is 0 Å². The lowest BCUT2D eigenvalue weighted by molar-refractivity contribution is 0.696. The molecule has 14 heavy (non-hydrogen) atoms. The third kappa shape index (κ3) is 2.71. The molecule has 3 heteroatoms. The number of aromatic nitrogens is 1. The number of halogens is 2. The second-order valence-corrected chi connectivity index (χ2v) is 5.44. The van der Waals surface area contributed by atoms with E-state index in [-0.39, 0.29) is 0 Å². The van der Waals surface area contributed by atoms with Gasteiger partial charge in [0.15, 0.2) is 0 Å². The Bertz CT molecular complexity index is 312. The maximum Gasteiger partial charge on any atom is 0.0621 e. The zero-order valence-electron chi connectivity index (χ0n) is 7.92. The van der Waals surface area contributed by atoms with Crippen LogP contribution in [0, 0.1) is 5.92 Å². The van der Waals surface area contributed by atoms with Crippen molar-refractivity contribution < 1.29 is 0 Å². The van der Waals surface area contributed by atoms with Crippen molar-refractivity contribution in [3.8, 4) is 0 Å². The van der Waals surface area contributed by atoms with Gasteiger partial charge in [0.05, 0.1) is 5.02 Å². The number of hydrogen-bond acceptors (Lipinski definition) is 1. The van der Waals surface area contributed by atoms with Crippen LogP contribution >= 0.6 is 27.5 Å². The maximum absolute atomic E-state index is 6.03. The van der Waals surface area contributed by atoms with Crippen LogP contribution in [0.4, 0.5) is 0 Å². The van der Waals surface area contributed by atoms with Crippen LogP contribution in [0.25, 0.3) is 0 Å². The Hall–Kier alpha value is -0.0800. The van der Waals surface area contributed by atoms with Crippen molar-refractivity contribution in [2.45, 2.75) is 30.5 Å². The average Bonchev–Trinajstić information content (AvgIpc) is 2.99. The van der Waals surface area contributed by atoms with Gasteiger partial charge in [-0.25, -0.2) is 0 Å². The molecular weight excluding hydrogens is 261 g/mol. The molecule has 1 nitrogen and oxygen atoms in total. The van der Waals surface area contributed by atoms with Gasteiger partial charge in [0.2, 0.25) is 0 Å². The minimum absolute atomic E-state index is 0.673. The highest BCUT2D eigenvalue weighted by Gasteiger charge is 2.28. The number of nitrogens with zero attached hydrogens (tertiary/aromatic N) is 1. The van der Waals surface area contributed by atoms with E-state index in [4.69, 9.17) is 11.6 Å². The monoisotopic (exact) mass is 273 g/mol. The van der Waals surface area contributed by atoms with Gasteiger partial charge < -0.3 is 0 Å². The summed E-state index contributed by atoms with van der Waals surface area (Å²) >= 11 is 9.75. The molecule has 1 heterocycles. The topological polar surface area (TPSA) is 12.9 Å². The number of pyridine rings is 1. The van der Waals surface area contributed by atoms with Crippen molar-refractivity contribution in [2.75, 3.05) is 0 Å². The normalized spacial score (nSPS) is 18.1. The second kappa shape index (κ2) is 4.63. The second-order valence-electron chi connectivity index (χ2n) is 3.86. The van der Waals surface area contributed by atoms with Crippen LogP contribution in [0.2, 0.25) is 5.02 Å². The minimum atomic E-state index is 0.673. The smallest absolute Gasteiger partial charge is 0.0621 e. The molecule has 1 aliphatic rings. The highest BCUT2D eigenvalue weighted by Crippen LogP contribution is 2.38. The zero-order chi connectivity index (χ0) is 9.97. The molecule has 0 spiro atoms. The van der Waals surface area contributed by atoms with Crippen molar-refractivity contribution >= 4 is 27.5 Å². The lowest BCUT2D eigenvalue weighted by Gasteiger charge is -2.08. The van der Waals surface area contributed by atoms with E-state index in [0.29, 0.717) is 4.83 Å². The molecule has 0 amide bonds. The first-order valence-electron chi connectivity index (χ1n) is 5.00. The molecule has 1 fully saturated rings. The SMILES string of the molecule is Clc1cnccc1CCC(Br)C1CC1. The summed E-state index contributed by atoms with van der Waals surface area (Å²) in [4.78, 5) is 4.65. The molecule has 0 aliphatic heterocycles. The van der Waals surface area contributed by atoms with E-state index in [9.17, 15) is 0 Å². The summed E-state index contributed by atoms with van der Waals surface area (Å²) in [5, 5.41) is 0.794. The Kier molecular flexibility index (Phi) is 3.45. The number of rotatable bonds is 4. The molecular formula is C11H13BrClN. The summed E-state index contributed by atoms with van der Waals surface area (Å²) in [6.07, 6.45) is 8.53. The Morgan fingerprint density at radius 3 is 3.00 bits per heavy atom. The summed E-state index contributed by atoms with van der Waals surface area (Å²) in [5.74, 6) is 0.913. The first kappa shape index (κ1) is 10.4.